The highest BCUT2D eigenvalue weighted by Crippen LogP contribution is 2.29. The second-order valence-corrected chi connectivity index (χ2v) is 14.1. The Balaban J connectivity index is 1.41. The van der Waals surface area contributed by atoms with Crippen LogP contribution in [0.15, 0.2) is 73.1 Å². The third kappa shape index (κ3) is 11.0. The molecule has 260 valence electrons. The van der Waals surface area contributed by atoms with Crippen molar-refractivity contribution in [2.45, 2.75) is 83.7 Å². The summed E-state index contributed by atoms with van der Waals surface area (Å²) < 4.78 is 5.88. The number of carboxylic acids is 1. The highest BCUT2D eigenvalue weighted by Gasteiger charge is 2.28. The molecule has 10 nitrogen and oxygen atoms in total. The first kappa shape index (κ1) is 37.2. The van der Waals surface area contributed by atoms with E-state index in [2.05, 4.69) is 27.5 Å². The molecule has 0 spiro atoms. The lowest BCUT2D eigenvalue weighted by atomic mass is 9.95. The van der Waals surface area contributed by atoms with E-state index < -0.39 is 36.5 Å². The minimum absolute atomic E-state index is 0.0888. The van der Waals surface area contributed by atoms with Gasteiger partial charge in [-0.25, -0.2) is 14.8 Å². The van der Waals surface area contributed by atoms with E-state index in [1.165, 1.54) is 37.0 Å². The second kappa shape index (κ2) is 17.7. The summed E-state index contributed by atoms with van der Waals surface area (Å²) in [6.45, 7) is 8.28. The number of aromatic nitrogens is 2. The molecular weight excluding hydrogens is 641 g/mol. The van der Waals surface area contributed by atoms with E-state index in [0.29, 0.717) is 17.3 Å². The highest BCUT2D eigenvalue weighted by molar-refractivity contribution is 7.14. The maximum Gasteiger partial charge on any atom is 0.328 e. The lowest BCUT2D eigenvalue weighted by molar-refractivity contribution is -0.143. The van der Waals surface area contributed by atoms with Crippen LogP contribution < -0.4 is 15.4 Å². The van der Waals surface area contributed by atoms with E-state index in [1.807, 2.05) is 75.4 Å². The molecule has 2 aromatic heterocycles. The number of nitrogens with zero attached hydrogens (tertiary/aromatic N) is 2. The molecule has 49 heavy (non-hydrogen) atoms. The van der Waals surface area contributed by atoms with Gasteiger partial charge in [-0.1, -0.05) is 89.8 Å². The highest BCUT2D eigenvalue weighted by atomic mass is 32.1. The number of rotatable bonds is 17. The van der Waals surface area contributed by atoms with E-state index in [1.54, 1.807) is 18.5 Å². The van der Waals surface area contributed by atoms with Gasteiger partial charge in [-0.05, 0) is 47.2 Å². The van der Waals surface area contributed by atoms with Gasteiger partial charge in [0.25, 0.3) is 5.91 Å². The fraction of sp³-hybridized carbons (Fsp3) is 0.395. The van der Waals surface area contributed by atoms with E-state index in [-0.39, 0.29) is 11.8 Å². The molecule has 2 atom stereocenters. The Bertz CT molecular complexity index is 1660. The Morgan fingerprint density at radius 1 is 0.816 bits per heavy atom. The summed E-state index contributed by atoms with van der Waals surface area (Å²) >= 11 is 1.34. The lowest BCUT2D eigenvalue weighted by Crippen LogP contribution is -2.53. The number of unbranched alkanes of at least 4 members (excludes halogenated alkanes) is 4. The SMILES string of the molecule is CCCCCCCOc1ccc(-c2cnc(-c3ccc(C[C@H](NC(=O)c4ccc(C(C)(C)C)s4)C(=O)N[C@H](CO)C(=O)O)cc3)nc2)cc1. The molecular formula is C38H46N4O6S. The summed E-state index contributed by atoms with van der Waals surface area (Å²) in [7, 11) is 0. The Kier molecular flexibility index (Phi) is 13.4. The zero-order valence-corrected chi connectivity index (χ0v) is 29.4. The van der Waals surface area contributed by atoms with Gasteiger partial charge in [0.05, 0.1) is 18.1 Å². The Hall–Kier alpha value is -4.61. The number of carbonyl (C=O) groups excluding carboxylic acids is 2. The number of hydrogen-bond acceptors (Lipinski definition) is 8. The first-order chi connectivity index (χ1) is 23.5. The number of nitrogens with one attached hydrogen (secondary N) is 2. The molecule has 0 saturated carbocycles. The molecule has 2 aromatic carbocycles. The number of aliphatic hydroxyl groups excluding tert-OH is 1. The van der Waals surface area contributed by atoms with Crippen molar-refractivity contribution in [3.8, 4) is 28.3 Å². The van der Waals surface area contributed by atoms with Gasteiger partial charge in [0.2, 0.25) is 5.91 Å². The zero-order valence-electron chi connectivity index (χ0n) is 28.6. The molecule has 0 unspecified atom stereocenters. The standard InChI is InChI=1S/C38H46N4O6S/c1-5-6-7-8-9-20-48-29-16-14-26(15-17-29)28-22-39-34(40-23-28)27-12-10-25(11-13-27)21-30(35(44)42-31(24-43)37(46)47)41-36(45)32-18-19-33(49-32)38(2,3)4/h10-19,22-23,30-31,43H,5-9,20-21,24H2,1-4H3,(H,41,45)(H,42,44)(H,46,47)/t30-,31+/m0/s1. The summed E-state index contributed by atoms with van der Waals surface area (Å²) in [6, 6.07) is 16.2. The normalized spacial score (nSPS) is 12.6. The quantitative estimate of drug-likeness (QED) is 0.0930. The number of aliphatic hydroxyl groups is 1. The number of carboxylic acid groups (broad SMARTS) is 1. The second-order valence-electron chi connectivity index (χ2n) is 13.0. The summed E-state index contributed by atoms with van der Waals surface area (Å²) in [5.74, 6) is -1.17. The van der Waals surface area contributed by atoms with E-state index in [4.69, 9.17) is 4.74 Å². The minimum atomic E-state index is -1.50. The average molecular weight is 687 g/mol. The summed E-state index contributed by atoms with van der Waals surface area (Å²) in [5, 5.41) is 23.9. The van der Waals surface area contributed by atoms with Gasteiger partial charge in [0, 0.05) is 34.8 Å². The van der Waals surface area contributed by atoms with Gasteiger partial charge in [-0.2, -0.15) is 0 Å². The molecule has 4 N–H and O–H groups in total. The number of thiophene rings is 1. The van der Waals surface area contributed by atoms with Crippen molar-refractivity contribution >= 4 is 29.1 Å². The first-order valence-corrected chi connectivity index (χ1v) is 17.5. The fourth-order valence-corrected chi connectivity index (χ4v) is 6.02. The van der Waals surface area contributed by atoms with Crippen molar-refractivity contribution in [2.24, 2.45) is 0 Å². The molecule has 2 heterocycles. The van der Waals surface area contributed by atoms with Gasteiger partial charge in [-0.3, -0.25) is 9.59 Å². The number of benzene rings is 2. The summed E-state index contributed by atoms with van der Waals surface area (Å²) in [6.07, 6.45) is 9.60. The van der Waals surface area contributed by atoms with Crippen molar-refractivity contribution < 1.29 is 29.3 Å². The molecule has 4 rings (SSSR count). The molecule has 0 aliphatic carbocycles. The largest absolute Gasteiger partial charge is 0.494 e. The van der Waals surface area contributed by atoms with Crippen molar-refractivity contribution in [3.05, 3.63) is 88.4 Å². The van der Waals surface area contributed by atoms with Crippen LogP contribution in [0.1, 0.15) is 79.9 Å². The van der Waals surface area contributed by atoms with Crippen molar-refractivity contribution in [1.29, 1.82) is 0 Å². The Morgan fingerprint density at radius 2 is 1.47 bits per heavy atom. The van der Waals surface area contributed by atoms with Gasteiger partial charge < -0.3 is 25.6 Å². The lowest BCUT2D eigenvalue weighted by Gasteiger charge is -2.21. The summed E-state index contributed by atoms with van der Waals surface area (Å²) in [5.41, 5.74) is 3.20. The Labute approximate surface area is 292 Å². The topological polar surface area (TPSA) is 151 Å². The first-order valence-electron chi connectivity index (χ1n) is 16.7. The molecule has 0 radical (unpaired) electrons. The van der Waals surface area contributed by atoms with Crippen LogP contribution in [-0.2, 0) is 21.4 Å². The molecule has 11 heteroatoms. The third-order valence-corrected chi connectivity index (χ3v) is 9.51. The third-order valence-electron chi connectivity index (χ3n) is 8.00. The predicted octanol–water partition coefficient (Wildman–Crippen LogP) is 6.42. The van der Waals surface area contributed by atoms with E-state index in [9.17, 15) is 24.6 Å². The fourth-order valence-electron chi connectivity index (χ4n) is 5.05. The van der Waals surface area contributed by atoms with Gasteiger partial charge >= 0.3 is 5.97 Å². The van der Waals surface area contributed by atoms with Gasteiger partial charge in [0.15, 0.2) is 5.82 Å². The predicted molar refractivity (Wildman–Crippen MR) is 192 cm³/mol. The summed E-state index contributed by atoms with van der Waals surface area (Å²) in [4.78, 5) is 48.4. The molecule has 4 aromatic rings. The number of aliphatic carboxylic acids is 1. The van der Waals surface area contributed by atoms with Crippen molar-refractivity contribution in [1.82, 2.24) is 20.6 Å². The smallest absolute Gasteiger partial charge is 0.328 e. The molecule has 0 aliphatic rings. The van der Waals surface area contributed by atoms with Crippen LogP contribution in [0.25, 0.3) is 22.5 Å². The van der Waals surface area contributed by atoms with Crippen LogP contribution in [0.5, 0.6) is 5.75 Å². The number of carbonyl (C=O) groups is 3. The number of ether oxygens (including phenoxy) is 1. The maximum absolute atomic E-state index is 13.2. The molecule has 0 saturated heterocycles. The van der Waals surface area contributed by atoms with Crippen LogP contribution in [0.2, 0.25) is 0 Å². The molecule has 0 aliphatic heterocycles. The Morgan fingerprint density at radius 3 is 2.06 bits per heavy atom. The van der Waals surface area contributed by atoms with Crippen molar-refractivity contribution in [3.63, 3.8) is 0 Å². The van der Waals surface area contributed by atoms with E-state index in [0.717, 1.165) is 39.3 Å². The van der Waals surface area contributed by atoms with E-state index >= 15 is 0 Å². The van der Waals surface area contributed by atoms with Crippen LogP contribution in [0.3, 0.4) is 0 Å². The molecule has 0 bridgehead atoms. The molecule has 0 fully saturated rings. The number of amides is 2. The van der Waals surface area contributed by atoms with Crippen LogP contribution in [-0.4, -0.2) is 63.3 Å². The maximum atomic E-state index is 13.2. The molecule has 2 amide bonds. The van der Waals surface area contributed by atoms with Crippen LogP contribution in [0, 0.1) is 0 Å². The van der Waals surface area contributed by atoms with Crippen LogP contribution >= 0.6 is 11.3 Å². The van der Waals surface area contributed by atoms with Crippen molar-refractivity contribution in [2.75, 3.05) is 13.2 Å². The zero-order chi connectivity index (χ0) is 35.4. The van der Waals surface area contributed by atoms with Gasteiger partial charge in [-0.15, -0.1) is 11.3 Å². The monoisotopic (exact) mass is 686 g/mol. The van der Waals surface area contributed by atoms with Gasteiger partial charge in [0.1, 0.15) is 17.8 Å². The average Bonchev–Trinajstić information content (AvgIpc) is 3.61. The minimum Gasteiger partial charge on any atom is -0.494 e. The van der Waals surface area contributed by atoms with Crippen LogP contribution in [0.4, 0.5) is 0 Å². The number of hydrogen-bond donors (Lipinski definition) is 4.